The van der Waals surface area contributed by atoms with Crippen molar-refractivity contribution in [3.05, 3.63) is 101 Å². The van der Waals surface area contributed by atoms with Gasteiger partial charge >= 0.3 is 0 Å². The molecule has 0 bridgehead atoms. The van der Waals surface area contributed by atoms with Crippen LogP contribution >= 0.6 is 0 Å². The fourth-order valence-corrected chi connectivity index (χ4v) is 4.71. The molecule has 0 unspecified atom stereocenters. The quantitative estimate of drug-likeness (QED) is 0.457. The molecule has 3 aromatic rings. The second-order valence-corrected chi connectivity index (χ2v) is 9.58. The fraction of sp³-hybridized carbons (Fsp3) is 0.192. The molecule has 3 rings (SSSR count). The Kier molecular flexibility index (Phi) is 6.76. The summed E-state index contributed by atoms with van der Waals surface area (Å²) in [5.74, 6) is -0.207. The average Bonchev–Trinajstić information content (AvgIpc) is 2.76. The third kappa shape index (κ3) is 4.94. The predicted octanol–water partition coefficient (Wildman–Crippen LogP) is 5.86. The largest absolute Gasteiger partial charge is 0.271 e. The first kappa shape index (κ1) is 22.5. The summed E-state index contributed by atoms with van der Waals surface area (Å²) < 4.78 is 27.8. The van der Waals surface area contributed by atoms with Crippen LogP contribution in [-0.2, 0) is 14.8 Å². The van der Waals surface area contributed by atoms with Crippen LogP contribution in [0.5, 0.6) is 0 Å². The van der Waals surface area contributed by atoms with Crippen LogP contribution in [0.25, 0.3) is 6.08 Å². The Labute approximate surface area is 184 Å². The number of carbonyl (C=O) groups is 1. The lowest BCUT2D eigenvalue weighted by molar-refractivity contribution is -0.113. The van der Waals surface area contributed by atoms with E-state index in [1.165, 1.54) is 23.8 Å². The summed E-state index contributed by atoms with van der Waals surface area (Å²) in [6.07, 6.45) is 2.96. The van der Waals surface area contributed by atoms with Gasteiger partial charge in [-0.25, -0.2) is 8.42 Å². The van der Waals surface area contributed by atoms with E-state index in [0.29, 0.717) is 11.6 Å². The molecule has 0 aliphatic carbocycles. The predicted molar refractivity (Wildman–Crippen MR) is 127 cm³/mol. The van der Waals surface area contributed by atoms with E-state index in [0.717, 1.165) is 21.0 Å². The van der Waals surface area contributed by atoms with Crippen molar-refractivity contribution in [2.45, 2.75) is 38.5 Å². The van der Waals surface area contributed by atoms with Gasteiger partial charge in [0.2, 0.25) is 0 Å². The second-order valence-electron chi connectivity index (χ2n) is 7.79. The maximum Gasteiger partial charge on any atom is 0.271 e. The minimum Gasteiger partial charge on any atom is -0.268 e. The van der Waals surface area contributed by atoms with Crippen molar-refractivity contribution in [2.75, 3.05) is 4.31 Å². The van der Waals surface area contributed by atoms with Crippen LogP contribution in [0.2, 0.25) is 0 Å². The van der Waals surface area contributed by atoms with Crippen LogP contribution < -0.4 is 4.31 Å². The Balaban J connectivity index is 2.04. The number of hydrogen-bond acceptors (Lipinski definition) is 3. The van der Waals surface area contributed by atoms with Gasteiger partial charge in [0.05, 0.1) is 10.6 Å². The molecule has 5 heteroatoms. The minimum absolute atomic E-state index is 0.0685. The molecule has 0 N–H and O–H groups in total. The number of nitrogens with zero attached hydrogens (tertiary/aromatic N) is 1. The molecule has 0 aromatic heterocycles. The Morgan fingerprint density at radius 3 is 2.13 bits per heavy atom. The molecular weight excluding hydrogens is 406 g/mol. The van der Waals surface area contributed by atoms with Gasteiger partial charge in [-0.3, -0.25) is 4.79 Å². The molecule has 0 fully saturated rings. The molecular formula is C26H27NO3S. The third-order valence-corrected chi connectivity index (χ3v) is 7.02. The van der Waals surface area contributed by atoms with Crippen molar-refractivity contribution in [3.8, 4) is 0 Å². The first-order valence-electron chi connectivity index (χ1n) is 10.2. The van der Waals surface area contributed by atoms with Gasteiger partial charge in [0.15, 0.2) is 0 Å². The maximum atomic E-state index is 13.4. The molecule has 4 nitrogen and oxygen atoms in total. The lowest BCUT2D eigenvalue weighted by atomic mass is 10.0. The number of sulfonamides is 1. The molecule has 31 heavy (non-hydrogen) atoms. The highest BCUT2D eigenvalue weighted by atomic mass is 32.2. The van der Waals surface area contributed by atoms with Crippen LogP contribution in [0, 0.1) is 13.8 Å². The standard InChI is InChI=1S/C26H27NO3S/c1-19(2)23-16-13-22(14-17-23)15-18-26(28)27(25-12-8-9-20(3)21(25)4)31(29,30)24-10-6-5-7-11-24/h5-19H,1-4H3/b18-15+. The van der Waals surface area contributed by atoms with Crippen molar-refractivity contribution in [3.63, 3.8) is 0 Å². The number of amides is 1. The molecule has 3 aromatic carbocycles. The van der Waals surface area contributed by atoms with Gasteiger partial charge in [-0.05, 0) is 66.3 Å². The summed E-state index contributed by atoms with van der Waals surface area (Å²) in [6, 6.07) is 21.2. The van der Waals surface area contributed by atoms with Gasteiger partial charge in [0, 0.05) is 6.08 Å². The maximum absolute atomic E-state index is 13.4. The smallest absolute Gasteiger partial charge is 0.268 e. The van der Waals surface area contributed by atoms with Crippen LogP contribution in [0.4, 0.5) is 5.69 Å². The van der Waals surface area contributed by atoms with Gasteiger partial charge in [-0.1, -0.05) is 68.4 Å². The highest BCUT2D eigenvalue weighted by molar-refractivity contribution is 7.93. The van der Waals surface area contributed by atoms with Gasteiger partial charge in [-0.15, -0.1) is 0 Å². The summed E-state index contributed by atoms with van der Waals surface area (Å²) >= 11 is 0. The molecule has 0 atom stereocenters. The molecule has 0 saturated carbocycles. The van der Waals surface area contributed by atoms with Crippen molar-refractivity contribution in [2.24, 2.45) is 0 Å². The Bertz CT molecular complexity index is 1200. The van der Waals surface area contributed by atoms with Gasteiger partial charge in [0.25, 0.3) is 15.9 Å². The van der Waals surface area contributed by atoms with Crippen LogP contribution in [0.3, 0.4) is 0 Å². The highest BCUT2D eigenvalue weighted by Gasteiger charge is 2.30. The third-order valence-electron chi connectivity index (χ3n) is 5.30. The van der Waals surface area contributed by atoms with Crippen LogP contribution in [0.15, 0.2) is 83.8 Å². The van der Waals surface area contributed by atoms with E-state index in [9.17, 15) is 13.2 Å². The van der Waals surface area contributed by atoms with Crippen LogP contribution in [-0.4, -0.2) is 14.3 Å². The number of rotatable bonds is 6. The molecule has 160 valence electrons. The van der Waals surface area contributed by atoms with Gasteiger partial charge in [0.1, 0.15) is 0 Å². The number of hydrogen-bond donors (Lipinski definition) is 0. The Hall–Kier alpha value is -3.18. The number of benzene rings is 3. The summed E-state index contributed by atoms with van der Waals surface area (Å²) in [5.41, 5.74) is 4.04. The van der Waals surface area contributed by atoms with Crippen molar-refractivity contribution < 1.29 is 13.2 Å². The molecule has 0 aliphatic rings. The van der Waals surface area contributed by atoms with Gasteiger partial charge in [-0.2, -0.15) is 4.31 Å². The molecule has 0 radical (unpaired) electrons. The minimum atomic E-state index is -4.08. The lowest BCUT2D eigenvalue weighted by Crippen LogP contribution is -2.36. The van der Waals surface area contributed by atoms with E-state index in [-0.39, 0.29) is 4.90 Å². The Morgan fingerprint density at radius 1 is 0.871 bits per heavy atom. The number of anilines is 1. The molecule has 0 spiro atoms. The fourth-order valence-electron chi connectivity index (χ4n) is 3.25. The molecule has 0 aliphatic heterocycles. The molecule has 1 amide bonds. The summed E-state index contributed by atoms with van der Waals surface area (Å²) in [4.78, 5) is 13.3. The summed E-state index contributed by atoms with van der Waals surface area (Å²) in [5, 5.41) is 0. The zero-order valence-electron chi connectivity index (χ0n) is 18.2. The van der Waals surface area contributed by atoms with E-state index in [1.807, 2.05) is 44.2 Å². The SMILES string of the molecule is Cc1cccc(N(C(=O)/C=C/c2ccc(C(C)C)cc2)S(=O)(=O)c2ccccc2)c1C. The van der Waals surface area contributed by atoms with E-state index < -0.39 is 15.9 Å². The van der Waals surface area contributed by atoms with Crippen LogP contribution in [0.1, 0.15) is 42.0 Å². The van der Waals surface area contributed by atoms with Crippen molar-refractivity contribution in [1.82, 2.24) is 0 Å². The number of aryl methyl sites for hydroxylation is 1. The number of carbonyl (C=O) groups excluding carboxylic acids is 1. The van der Waals surface area contributed by atoms with Crippen molar-refractivity contribution in [1.29, 1.82) is 0 Å². The van der Waals surface area contributed by atoms with E-state index >= 15 is 0 Å². The normalized spacial score (nSPS) is 11.8. The monoisotopic (exact) mass is 433 g/mol. The van der Waals surface area contributed by atoms with E-state index in [2.05, 4.69) is 13.8 Å². The summed E-state index contributed by atoms with van der Waals surface area (Å²) in [7, 11) is -4.08. The summed E-state index contributed by atoms with van der Waals surface area (Å²) in [6.45, 7) is 7.94. The van der Waals surface area contributed by atoms with E-state index in [4.69, 9.17) is 0 Å². The highest BCUT2D eigenvalue weighted by Crippen LogP contribution is 2.29. The van der Waals surface area contributed by atoms with E-state index in [1.54, 1.807) is 36.4 Å². The van der Waals surface area contributed by atoms with Crippen molar-refractivity contribution >= 4 is 27.7 Å². The zero-order valence-corrected chi connectivity index (χ0v) is 19.1. The average molecular weight is 434 g/mol. The first-order chi connectivity index (χ1) is 14.7. The molecule has 0 saturated heterocycles. The lowest BCUT2D eigenvalue weighted by Gasteiger charge is -2.24. The zero-order chi connectivity index (χ0) is 22.6. The first-order valence-corrected chi connectivity index (χ1v) is 11.6. The molecule has 0 heterocycles. The topological polar surface area (TPSA) is 54.5 Å². The second kappa shape index (κ2) is 9.31. The Morgan fingerprint density at radius 2 is 1.52 bits per heavy atom. The van der Waals surface area contributed by atoms with Gasteiger partial charge < -0.3 is 0 Å².